The Morgan fingerprint density at radius 3 is 3.00 bits per heavy atom. The van der Waals surface area contributed by atoms with E-state index >= 15 is 0 Å². The first-order valence-corrected chi connectivity index (χ1v) is 8.22. The van der Waals surface area contributed by atoms with Crippen LogP contribution in [-0.4, -0.2) is 16.1 Å². The highest BCUT2D eigenvalue weighted by Crippen LogP contribution is 2.29. The van der Waals surface area contributed by atoms with Crippen LogP contribution in [0.25, 0.3) is 5.69 Å². The molecule has 1 N–H and O–H groups in total. The maximum Gasteiger partial charge on any atom is 0.0998 e. The van der Waals surface area contributed by atoms with Gasteiger partial charge in [0.15, 0.2) is 0 Å². The second-order valence-electron chi connectivity index (χ2n) is 5.64. The van der Waals surface area contributed by atoms with E-state index in [0.29, 0.717) is 0 Å². The van der Waals surface area contributed by atoms with Crippen LogP contribution in [0.4, 0.5) is 0 Å². The molecule has 0 atom stereocenters. The van der Waals surface area contributed by atoms with E-state index in [2.05, 4.69) is 27.9 Å². The van der Waals surface area contributed by atoms with Gasteiger partial charge in [0.1, 0.15) is 0 Å². The number of imidazole rings is 1. The molecule has 0 bridgehead atoms. The largest absolute Gasteiger partial charge is 0.313 e. The van der Waals surface area contributed by atoms with E-state index in [4.69, 9.17) is 11.6 Å². The van der Waals surface area contributed by atoms with Gasteiger partial charge in [-0.05, 0) is 50.3 Å². The number of fused-ring (bicyclic) bond motifs is 1. The lowest BCUT2D eigenvalue weighted by Crippen LogP contribution is -2.16. The smallest absolute Gasteiger partial charge is 0.0998 e. The van der Waals surface area contributed by atoms with Gasteiger partial charge in [-0.15, -0.1) is 0 Å². The molecule has 112 valence electrons. The Bertz CT molecular complexity index is 618. The highest BCUT2D eigenvalue weighted by atomic mass is 35.5. The van der Waals surface area contributed by atoms with Gasteiger partial charge in [-0.1, -0.05) is 30.7 Å². The average molecular weight is 304 g/mol. The Hall–Kier alpha value is -1.32. The van der Waals surface area contributed by atoms with Crippen LogP contribution >= 0.6 is 11.6 Å². The van der Waals surface area contributed by atoms with Gasteiger partial charge in [0.05, 0.1) is 22.7 Å². The van der Waals surface area contributed by atoms with Gasteiger partial charge in [0, 0.05) is 12.2 Å². The van der Waals surface area contributed by atoms with Gasteiger partial charge in [-0.3, -0.25) is 0 Å². The van der Waals surface area contributed by atoms with Gasteiger partial charge in [-0.2, -0.15) is 0 Å². The van der Waals surface area contributed by atoms with E-state index in [9.17, 15) is 0 Å². The van der Waals surface area contributed by atoms with E-state index in [1.54, 1.807) is 0 Å². The maximum atomic E-state index is 6.50. The van der Waals surface area contributed by atoms with Crippen LogP contribution in [0.5, 0.6) is 0 Å². The number of aryl methyl sites for hydroxylation is 1. The van der Waals surface area contributed by atoms with Crippen LogP contribution in [-0.2, 0) is 19.4 Å². The molecule has 1 aliphatic rings. The van der Waals surface area contributed by atoms with E-state index in [1.807, 2.05) is 18.5 Å². The highest BCUT2D eigenvalue weighted by molar-refractivity contribution is 6.32. The topological polar surface area (TPSA) is 29.9 Å². The molecule has 0 radical (unpaired) electrons. The average Bonchev–Trinajstić information content (AvgIpc) is 2.92. The molecule has 3 nitrogen and oxygen atoms in total. The minimum absolute atomic E-state index is 0.802. The van der Waals surface area contributed by atoms with Gasteiger partial charge >= 0.3 is 0 Å². The molecule has 0 unspecified atom stereocenters. The van der Waals surface area contributed by atoms with Crippen LogP contribution < -0.4 is 5.32 Å². The third kappa shape index (κ3) is 2.99. The summed E-state index contributed by atoms with van der Waals surface area (Å²) in [5, 5.41) is 4.27. The summed E-state index contributed by atoms with van der Waals surface area (Å²) < 4.78 is 2.21. The molecule has 0 aliphatic heterocycles. The standard InChI is InChI=1S/C17H22ClN3/c1-2-10-19-11-13-6-5-7-14(18)17(13)21-12-20-15-8-3-4-9-16(15)21/h5-7,12,19H,2-4,8-11H2,1H3. The number of para-hydroxylation sites is 1. The summed E-state index contributed by atoms with van der Waals surface area (Å²) in [4.78, 5) is 4.60. The molecular weight excluding hydrogens is 282 g/mol. The summed E-state index contributed by atoms with van der Waals surface area (Å²) in [6.07, 6.45) is 7.76. The first-order valence-electron chi connectivity index (χ1n) is 7.85. The number of hydrogen-bond donors (Lipinski definition) is 1. The molecule has 0 fully saturated rings. The molecule has 1 heterocycles. The fraction of sp³-hybridized carbons (Fsp3) is 0.471. The molecule has 3 rings (SSSR count). The molecule has 0 saturated heterocycles. The van der Waals surface area contributed by atoms with Crippen molar-refractivity contribution in [1.82, 2.24) is 14.9 Å². The Labute approximate surface area is 131 Å². The summed E-state index contributed by atoms with van der Waals surface area (Å²) >= 11 is 6.50. The number of benzene rings is 1. The van der Waals surface area contributed by atoms with Crippen molar-refractivity contribution >= 4 is 11.6 Å². The van der Waals surface area contributed by atoms with Crippen molar-refractivity contribution in [1.29, 1.82) is 0 Å². The lowest BCUT2D eigenvalue weighted by Gasteiger charge is -2.18. The molecule has 0 spiro atoms. The van der Waals surface area contributed by atoms with Crippen molar-refractivity contribution in [2.24, 2.45) is 0 Å². The molecule has 2 aromatic rings. The summed E-state index contributed by atoms with van der Waals surface area (Å²) in [7, 11) is 0. The second-order valence-corrected chi connectivity index (χ2v) is 6.05. The first kappa shape index (κ1) is 14.6. The summed E-state index contributed by atoms with van der Waals surface area (Å²) in [5.41, 5.74) is 4.92. The maximum absolute atomic E-state index is 6.50. The number of nitrogens with zero attached hydrogens (tertiary/aromatic N) is 2. The van der Waals surface area contributed by atoms with Gasteiger partial charge in [0.2, 0.25) is 0 Å². The van der Waals surface area contributed by atoms with Crippen LogP contribution in [0, 0.1) is 0 Å². The third-order valence-electron chi connectivity index (χ3n) is 4.08. The Morgan fingerprint density at radius 1 is 1.29 bits per heavy atom. The van der Waals surface area contributed by atoms with E-state index in [0.717, 1.165) is 43.1 Å². The molecule has 0 amide bonds. The molecule has 21 heavy (non-hydrogen) atoms. The third-order valence-corrected chi connectivity index (χ3v) is 4.39. The normalized spacial score (nSPS) is 14.2. The molecule has 0 saturated carbocycles. The Kier molecular flexibility index (Phi) is 4.61. The van der Waals surface area contributed by atoms with Crippen molar-refractivity contribution in [3.8, 4) is 5.69 Å². The van der Waals surface area contributed by atoms with E-state index in [-0.39, 0.29) is 0 Å². The predicted molar refractivity (Wildman–Crippen MR) is 87.2 cm³/mol. The zero-order chi connectivity index (χ0) is 14.7. The van der Waals surface area contributed by atoms with Crippen molar-refractivity contribution in [3.63, 3.8) is 0 Å². The monoisotopic (exact) mass is 303 g/mol. The van der Waals surface area contributed by atoms with E-state index < -0.39 is 0 Å². The molecule has 4 heteroatoms. The lowest BCUT2D eigenvalue weighted by molar-refractivity contribution is 0.650. The molecule has 1 aliphatic carbocycles. The van der Waals surface area contributed by atoms with Gasteiger partial charge < -0.3 is 9.88 Å². The summed E-state index contributed by atoms with van der Waals surface area (Å²) in [6.45, 7) is 4.04. The van der Waals surface area contributed by atoms with Crippen molar-refractivity contribution in [3.05, 3.63) is 46.5 Å². The molecular formula is C17H22ClN3. The first-order chi connectivity index (χ1) is 10.3. The minimum Gasteiger partial charge on any atom is -0.313 e. The van der Waals surface area contributed by atoms with Crippen molar-refractivity contribution in [2.45, 2.75) is 45.6 Å². The summed E-state index contributed by atoms with van der Waals surface area (Å²) in [6, 6.07) is 6.15. The zero-order valence-electron chi connectivity index (χ0n) is 12.5. The second kappa shape index (κ2) is 6.63. The number of hydrogen-bond acceptors (Lipinski definition) is 2. The summed E-state index contributed by atoms with van der Waals surface area (Å²) in [5.74, 6) is 0. The van der Waals surface area contributed by atoms with Crippen LogP contribution in [0.2, 0.25) is 5.02 Å². The number of nitrogens with one attached hydrogen (secondary N) is 1. The minimum atomic E-state index is 0.802. The number of aromatic nitrogens is 2. The number of halogens is 1. The lowest BCUT2D eigenvalue weighted by atomic mass is 10.0. The Morgan fingerprint density at radius 2 is 2.14 bits per heavy atom. The van der Waals surface area contributed by atoms with E-state index in [1.165, 1.54) is 29.8 Å². The van der Waals surface area contributed by atoms with Crippen LogP contribution in [0.15, 0.2) is 24.5 Å². The Balaban J connectivity index is 1.99. The zero-order valence-corrected chi connectivity index (χ0v) is 13.3. The molecule has 1 aromatic carbocycles. The van der Waals surface area contributed by atoms with Gasteiger partial charge in [-0.25, -0.2) is 4.98 Å². The fourth-order valence-electron chi connectivity index (χ4n) is 3.03. The molecule has 1 aromatic heterocycles. The van der Waals surface area contributed by atoms with Crippen molar-refractivity contribution in [2.75, 3.05) is 6.54 Å². The van der Waals surface area contributed by atoms with Crippen molar-refractivity contribution < 1.29 is 0 Å². The van der Waals surface area contributed by atoms with Crippen LogP contribution in [0.3, 0.4) is 0 Å². The SMILES string of the molecule is CCCNCc1cccc(Cl)c1-n1cnc2c1CCCC2. The number of rotatable bonds is 5. The van der Waals surface area contributed by atoms with Gasteiger partial charge in [0.25, 0.3) is 0 Å². The quantitative estimate of drug-likeness (QED) is 0.849. The van der Waals surface area contributed by atoms with Crippen LogP contribution in [0.1, 0.15) is 43.1 Å². The highest BCUT2D eigenvalue weighted by Gasteiger charge is 2.19. The predicted octanol–water partition coefficient (Wildman–Crippen LogP) is 3.90. The fourth-order valence-corrected chi connectivity index (χ4v) is 3.32.